The number of benzene rings is 1. The Morgan fingerprint density at radius 1 is 1.26 bits per heavy atom. The van der Waals surface area contributed by atoms with E-state index in [4.69, 9.17) is 13.9 Å². The molecule has 1 N–H and O–H groups in total. The summed E-state index contributed by atoms with van der Waals surface area (Å²) in [5.41, 5.74) is 2.78. The Kier molecular flexibility index (Phi) is 4.35. The summed E-state index contributed by atoms with van der Waals surface area (Å²) in [6.07, 6.45) is 2.43. The lowest BCUT2D eigenvalue weighted by Gasteiger charge is -2.27. The summed E-state index contributed by atoms with van der Waals surface area (Å²) in [5, 5.41) is 7.27. The first kappa shape index (κ1) is 17.2. The van der Waals surface area contributed by atoms with Gasteiger partial charge in [0.2, 0.25) is 0 Å². The minimum atomic E-state index is -0.337. The van der Waals surface area contributed by atoms with Crippen LogP contribution in [0.25, 0.3) is 11.5 Å². The van der Waals surface area contributed by atoms with Crippen LogP contribution in [0.5, 0.6) is 11.5 Å². The van der Waals surface area contributed by atoms with Gasteiger partial charge in [-0.2, -0.15) is 5.10 Å². The lowest BCUT2D eigenvalue weighted by Crippen LogP contribution is -2.30. The van der Waals surface area contributed by atoms with Gasteiger partial charge in [-0.1, -0.05) is 6.92 Å². The maximum absolute atomic E-state index is 13.0. The van der Waals surface area contributed by atoms with Crippen molar-refractivity contribution in [3.63, 3.8) is 0 Å². The number of H-pyrrole nitrogens is 1. The average molecular weight is 367 g/mol. The first-order valence-electron chi connectivity index (χ1n) is 8.84. The highest BCUT2D eigenvalue weighted by atomic mass is 16.5. The van der Waals surface area contributed by atoms with Crippen LogP contribution in [-0.2, 0) is 0 Å². The van der Waals surface area contributed by atoms with Crippen molar-refractivity contribution in [1.82, 2.24) is 15.1 Å². The van der Waals surface area contributed by atoms with E-state index in [0.717, 1.165) is 17.5 Å². The minimum Gasteiger partial charge on any atom is -0.497 e. The fourth-order valence-corrected chi connectivity index (χ4v) is 3.65. The van der Waals surface area contributed by atoms with Gasteiger partial charge in [0.1, 0.15) is 17.2 Å². The van der Waals surface area contributed by atoms with E-state index in [1.165, 1.54) is 0 Å². The van der Waals surface area contributed by atoms with Crippen LogP contribution in [0.2, 0.25) is 0 Å². The normalized spacial score (nSPS) is 15.9. The first-order chi connectivity index (χ1) is 13.2. The molecule has 1 aliphatic rings. The lowest BCUT2D eigenvalue weighted by atomic mass is 9.96. The van der Waals surface area contributed by atoms with Gasteiger partial charge in [0.25, 0.3) is 5.91 Å². The second-order valence-electron chi connectivity index (χ2n) is 6.35. The second-order valence-corrected chi connectivity index (χ2v) is 6.35. The molecule has 140 valence electrons. The molecule has 0 unspecified atom stereocenters. The molecule has 1 atom stereocenters. The van der Waals surface area contributed by atoms with Crippen LogP contribution >= 0.6 is 0 Å². The maximum Gasteiger partial charge on any atom is 0.275 e. The molecule has 1 aromatic carbocycles. The van der Waals surface area contributed by atoms with Crippen LogP contribution in [0.1, 0.15) is 41.0 Å². The highest BCUT2D eigenvalue weighted by Gasteiger charge is 2.43. The summed E-state index contributed by atoms with van der Waals surface area (Å²) in [7, 11) is 3.24. The van der Waals surface area contributed by atoms with Crippen molar-refractivity contribution < 1.29 is 18.7 Å². The molecule has 2 aromatic heterocycles. The molecule has 1 amide bonds. The number of carbonyl (C=O) groups is 1. The molecule has 3 heterocycles. The second kappa shape index (κ2) is 6.83. The highest BCUT2D eigenvalue weighted by molar-refractivity contribution is 6.00. The Labute approximate surface area is 156 Å². The number of furan rings is 1. The predicted molar refractivity (Wildman–Crippen MR) is 99.0 cm³/mol. The largest absolute Gasteiger partial charge is 0.497 e. The van der Waals surface area contributed by atoms with E-state index in [1.54, 1.807) is 20.5 Å². The van der Waals surface area contributed by atoms with E-state index < -0.39 is 0 Å². The van der Waals surface area contributed by atoms with Gasteiger partial charge >= 0.3 is 0 Å². The Morgan fingerprint density at radius 3 is 2.78 bits per heavy atom. The Morgan fingerprint density at radius 2 is 2.11 bits per heavy atom. The zero-order valence-corrected chi connectivity index (χ0v) is 15.5. The number of carbonyl (C=O) groups excluding carboxylic acids is 1. The number of rotatable bonds is 6. The molecule has 1 aliphatic heterocycles. The summed E-state index contributed by atoms with van der Waals surface area (Å²) < 4.78 is 16.6. The van der Waals surface area contributed by atoms with Crippen molar-refractivity contribution in [2.24, 2.45) is 0 Å². The van der Waals surface area contributed by atoms with Crippen LogP contribution in [0.15, 0.2) is 41.0 Å². The van der Waals surface area contributed by atoms with Gasteiger partial charge in [0.15, 0.2) is 11.5 Å². The number of hydrogen-bond acceptors (Lipinski definition) is 5. The van der Waals surface area contributed by atoms with E-state index in [2.05, 4.69) is 10.2 Å². The Bertz CT molecular complexity index is 962. The lowest BCUT2D eigenvalue weighted by molar-refractivity contribution is 0.0742. The quantitative estimate of drug-likeness (QED) is 0.719. The van der Waals surface area contributed by atoms with Crippen molar-refractivity contribution in [3.05, 3.63) is 53.4 Å². The third-order valence-corrected chi connectivity index (χ3v) is 4.82. The van der Waals surface area contributed by atoms with Crippen LogP contribution in [0.3, 0.4) is 0 Å². The van der Waals surface area contributed by atoms with Crippen molar-refractivity contribution in [2.75, 3.05) is 20.8 Å². The molecular formula is C20H21N3O4. The third kappa shape index (κ3) is 2.66. The zero-order chi connectivity index (χ0) is 19.0. The molecule has 0 saturated heterocycles. The van der Waals surface area contributed by atoms with Crippen molar-refractivity contribution in [2.45, 2.75) is 19.4 Å². The van der Waals surface area contributed by atoms with Crippen molar-refractivity contribution in [1.29, 1.82) is 0 Å². The van der Waals surface area contributed by atoms with E-state index >= 15 is 0 Å². The van der Waals surface area contributed by atoms with E-state index in [1.807, 2.05) is 42.2 Å². The standard InChI is InChI=1S/C20H21N3O4/c1-4-9-23-19(13-11-12(25-2)7-8-14(13)26-3)16-17(15-6-5-10-27-15)21-22-18(16)20(23)24/h5-8,10-11,19H,4,9H2,1-3H3,(H,21,22)/t19-/m1/s1. The first-order valence-corrected chi connectivity index (χ1v) is 8.84. The SMILES string of the molecule is CCCN1C(=O)c2n[nH]c(-c3ccco3)c2[C@H]1c1cc(OC)ccc1OC. The highest BCUT2D eigenvalue weighted by Crippen LogP contribution is 2.46. The number of aromatic amines is 1. The molecule has 4 rings (SSSR count). The number of ether oxygens (including phenoxy) is 2. The van der Waals surface area contributed by atoms with Gasteiger partial charge in [0.05, 0.1) is 26.5 Å². The molecular weight excluding hydrogens is 346 g/mol. The molecule has 7 heteroatoms. The fourth-order valence-electron chi connectivity index (χ4n) is 3.65. The average Bonchev–Trinajstić information content (AvgIpc) is 3.41. The van der Waals surface area contributed by atoms with Gasteiger partial charge in [0, 0.05) is 17.7 Å². The minimum absolute atomic E-state index is 0.101. The van der Waals surface area contributed by atoms with Gasteiger partial charge < -0.3 is 18.8 Å². The maximum atomic E-state index is 13.0. The number of fused-ring (bicyclic) bond motifs is 1. The van der Waals surface area contributed by atoms with Crippen molar-refractivity contribution in [3.8, 4) is 23.0 Å². The number of nitrogens with zero attached hydrogens (tertiary/aromatic N) is 2. The number of hydrogen-bond donors (Lipinski definition) is 1. The van der Waals surface area contributed by atoms with Crippen LogP contribution in [-0.4, -0.2) is 41.8 Å². The van der Waals surface area contributed by atoms with Gasteiger partial charge in [-0.15, -0.1) is 0 Å². The van der Waals surface area contributed by atoms with Gasteiger partial charge in [-0.05, 0) is 36.8 Å². The van der Waals surface area contributed by atoms with Gasteiger partial charge in [-0.25, -0.2) is 0 Å². The molecule has 7 nitrogen and oxygen atoms in total. The van der Waals surface area contributed by atoms with E-state index in [-0.39, 0.29) is 11.9 Å². The molecule has 0 spiro atoms. The molecule has 0 saturated carbocycles. The summed E-state index contributed by atoms with van der Waals surface area (Å²) in [4.78, 5) is 14.9. The fraction of sp³-hybridized carbons (Fsp3) is 0.300. The smallest absolute Gasteiger partial charge is 0.275 e. The molecule has 27 heavy (non-hydrogen) atoms. The Balaban J connectivity index is 1.94. The molecule has 0 bridgehead atoms. The number of nitrogens with one attached hydrogen (secondary N) is 1. The zero-order valence-electron chi connectivity index (χ0n) is 15.5. The summed E-state index contributed by atoms with van der Waals surface area (Å²) in [5.74, 6) is 1.93. The topological polar surface area (TPSA) is 80.6 Å². The monoisotopic (exact) mass is 367 g/mol. The molecule has 3 aromatic rings. The third-order valence-electron chi connectivity index (χ3n) is 4.82. The van der Waals surface area contributed by atoms with E-state index in [9.17, 15) is 4.79 Å². The van der Waals surface area contributed by atoms with E-state index in [0.29, 0.717) is 35.2 Å². The summed E-state index contributed by atoms with van der Waals surface area (Å²) in [6.45, 7) is 2.65. The van der Waals surface area contributed by atoms with Crippen LogP contribution in [0.4, 0.5) is 0 Å². The number of methoxy groups -OCH3 is 2. The Hall–Kier alpha value is -3.22. The van der Waals surface area contributed by atoms with Crippen LogP contribution < -0.4 is 9.47 Å². The molecule has 0 aliphatic carbocycles. The predicted octanol–water partition coefficient (Wildman–Crippen LogP) is 3.64. The molecule has 0 fully saturated rings. The number of aromatic nitrogens is 2. The summed E-state index contributed by atoms with van der Waals surface area (Å²) >= 11 is 0. The van der Waals surface area contributed by atoms with Crippen LogP contribution in [0, 0.1) is 0 Å². The molecule has 0 radical (unpaired) electrons. The van der Waals surface area contributed by atoms with Gasteiger partial charge in [-0.3, -0.25) is 9.89 Å². The number of amides is 1. The summed E-state index contributed by atoms with van der Waals surface area (Å²) in [6, 6.07) is 8.93. The van der Waals surface area contributed by atoms with Crippen molar-refractivity contribution >= 4 is 5.91 Å².